The third-order valence-electron chi connectivity index (χ3n) is 4.02. The summed E-state index contributed by atoms with van der Waals surface area (Å²) in [5.41, 5.74) is 4.18. The first-order valence-corrected chi connectivity index (χ1v) is 7.96. The van der Waals surface area contributed by atoms with Gasteiger partial charge in [0.05, 0.1) is 0 Å². The molecule has 0 spiro atoms. The van der Waals surface area contributed by atoms with Crippen LogP contribution in [0.1, 0.15) is 5.56 Å². The zero-order chi connectivity index (χ0) is 16.4. The number of nitrogens with one attached hydrogen (secondary N) is 1. The van der Waals surface area contributed by atoms with Gasteiger partial charge >= 0.3 is 0 Å². The van der Waals surface area contributed by atoms with Crippen LogP contribution in [-0.2, 0) is 0 Å². The van der Waals surface area contributed by atoms with Gasteiger partial charge in [0.1, 0.15) is 5.69 Å². The fourth-order valence-corrected chi connectivity index (χ4v) is 2.83. The Morgan fingerprint density at radius 3 is 2.17 bits per heavy atom. The molecule has 0 saturated heterocycles. The average molecular weight is 311 g/mol. The maximum atomic E-state index is 4.49. The van der Waals surface area contributed by atoms with Gasteiger partial charge in [-0.1, -0.05) is 66.2 Å². The number of rotatable bonds is 3. The Morgan fingerprint density at radius 1 is 0.708 bits per heavy atom. The van der Waals surface area contributed by atoms with Crippen molar-refractivity contribution in [1.29, 1.82) is 0 Å². The highest BCUT2D eigenvalue weighted by atomic mass is 15.2. The van der Waals surface area contributed by atoms with Crippen LogP contribution < -0.4 is 5.32 Å². The maximum Gasteiger partial charge on any atom is 0.161 e. The molecule has 0 radical (unpaired) electrons. The summed E-state index contributed by atoms with van der Waals surface area (Å²) in [4.78, 5) is 0. The SMILES string of the molecule is Cc1ccc2c(-c3ccccc3)nnc(Nc3ccccc3)c2c1. The predicted octanol–water partition coefficient (Wildman–Crippen LogP) is 5.35. The van der Waals surface area contributed by atoms with Gasteiger partial charge in [-0.25, -0.2) is 0 Å². The van der Waals surface area contributed by atoms with Crippen molar-refractivity contribution in [3.63, 3.8) is 0 Å². The molecule has 0 fully saturated rings. The van der Waals surface area contributed by atoms with Crippen molar-refractivity contribution >= 4 is 22.3 Å². The fraction of sp³-hybridized carbons (Fsp3) is 0.0476. The third-order valence-corrected chi connectivity index (χ3v) is 4.02. The first kappa shape index (κ1) is 14.4. The van der Waals surface area contributed by atoms with Crippen molar-refractivity contribution < 1.29 is 0 Å². The van der Waals surface area contributed by atoms with Crippen molar-refractivity contribution in [2.24, 2.45) is 0 Å². The highest BCUT2D eigenvalue weighted by Gasteiger charge is 2.11. The highest BCUT2D eigenvalue weighted by molar-refractivity contribution is 6.01. The number of aryl methyl sites for hydroxylation is 1. The maximum absolute atomic E-state index is 4.49. The Hall–Kier alpha value is -3.20. The van der Waals surface area contributed by atoms with Crippen LogP contribution in [0.2, 0.25) is 0 Å². The van der Waals surface area contributed by atoms with Crippen molar-refractivity contribution in [1.82, 2.24) is 10.2 Å². The molecule has 3 heteroatoms. The molecule has 4 rings (SSSR count). The molecule has 0 aliphatic rings. The van der Waals surface area contributed by atoms with E-state index in [-0.39, 0.29) is 0 Å². The van der Waals surface area contributed by atoms with E-state index < -0.39 is 0 Å². The molecule has 0 amide bonds. The summed E-state index contributed by atoms with van der Waals surface area (Å²) in [6.07, 6.45) is 0. The largest absolute Gasteiger partial charge is 0.338 e. The molecule has 3 aromatic carbocycles. The minimum Gasteiger partial charge on any atom is -0.338 e. The second kappa shape index (κ2) is 6.13. The number of hydrogen-bond acceptors (Lipinski definition) is 3. The van der Waals surface area contributed by atoms with Gasteiger partial charge in [0, 0.05) is 22.0 Å². The lowest BCUT2D eigenvalue weighted by molar-refractivity contribution is 1.06. The van der Waals surface area contributed by atoms with E-state index in [0.29, 0.717) is 0 Å². The molecule has 0 atom stereocenters. The second-order valence-electron chi connectivity index (χ2n) is 5.80. The van der Waals surface area contributed by atoms with Crippen molar-refractivity contribution in [2.45, 2.75) is 6.92 Å². The van der Waals surface area contributed by atoms with Crippen LogP contribution in [-0.4, -0.2) is 10.2 Å². The van der Waals surface area contributed by atoms with Crippen LogP contribution in [0.3, 0.4) is 0 Å². The molecule has 0 aliphatic carbocycles. The van der Waals surface area contributed by atoms with Crippen molar-refractivity contribution in [2.75, 3.05) is 5.32 Å². The molecule has 0 aliphatic heterocycles. The summed E-state index contributed by atoms with van der Waals surface area (Å²) in [5.74, 6) is 0.777. The standard InChI is InChI=1S/C21H17N3/c1-15-12-13-18-19(14-15)21(22-17-10-6-3-7-11-17)24-23-20(18)16-8-4-2-5-9-16/h2-14H,1H3,(H,22,24). The third kappa shape index (κ3) is 2.72. The smallest absolute Gasteiger partial charge is 0.161 e. The predicted molar refractivity (Wildman–Crippen MR) is 99.4 cm³/mol. The van der Waals surface area contributed by atoms with Gasteiger partial charge in [0.25, 0.3) is 0 Å². The topological polar surface area (TPSA) is 37.8 Å². The van der Waals surface area contributed by atoms with Crippen molar-refractivity contribution in [3.8, 4) is 11.3 Å². The number of para-hydroxylation sites is 1. The van der Waals surface area contributed by atoms with Gasteiger partial charge in [-0.05, 0) is 25.1 Å². The Kier molecular flexibility index (Phi) is 3.67. The second-order valence-corrected chi connectivity index (χ2v) is 5.80. The van der Waals surface area contributed by atoms with Crippen LogP contribution >= 0.6 is 0 Å². The summed E-state index contributed by atoms with van der Waals surface area (Å²) < 4.78 is 0. The quantitative estimate of drug-likeness (QED) is 0.554. The molecule has 0 unspecified atom stereocenters. The van der Waals surface area contributed by atoms with E-state index in [1.807, 2.05) is 48.5 Å². The van der Waals surface area contributed by atoms with Gasteiger partial charge in [0.2, 0.25) is 0 Å². The van der Waals surface area contributed by atoms with Crippen LogP contribution in [0.15, 0.2) is 78.9 Å². The summed E-state index contributed by atoms with van der Waals surface area (Å²) in [6, 6.07) is 26.6. The molecule has 0 saturated carbocycles. The molecule has 1 N–H and O–H groups in total. The summed E-state index contributed by atoms with van der Waals surface area (Å²) >= 11 is 0. The lowest BCUT2D eigenvalue weighted by Crippen LogP contribution is -1.99. The first-order valence-electron chi connectivity index (χ1n) is 7.96. The minimum absolute atomic E-state index is 0.777. The highest BCUT2D eigenvalue weighted by Crippen LogP contribution is 2.31. The van der Waals surface area contributed by atoms with E-state index in [4.69, 9.17) is 0 Å². The van der Waals surface area contributed by atoms with Crippen LogP contribution in [0.5, 0.6) is 0 Å². The van der Waals surface area contributed by atoms with Gasteiger partial charge < -0.3 is 5.32 Å². The summed E-state index contributed by atoms with van der Waals surface area (Å²) in [5, 5.41) is 14.5. The lowest BCUT2D eigenvalue weighted by Gasteiger charge is -2.12. The first-order chi connectivity index (χ1) is 11.8. The Morgan fingerprint density at radius 2 is 1.42 bits per heavy atom. The van der Waals surface area contributed by atoms with Gasteiger partial charge in [-0.3, -0.25) is 0 Å². The van der Waals surface area contributed by atoms with E-state index in [1.165, 1.54) is 5.56 Å². The number of fused-ring (bicyclic) bond motifs is 1. The Balaban J connectivity index is 1.89. The molecule has 24 heavy (non-hydrogen) atoms. The normalized spacial score (nSPS) is 10.7. The van der Waals surface area contributed by atoms with E-state index in [9.17, 15) is 0 Å². The molecular weight excluding hydrogens is 294 g/mol. The molecule has 1 heterocycles. The molecule has 3 nitrogen and oxygen atoms in total. The average Bonchev–Trinajstić information content (AvgIpc) is 2.64. The van der Waals surface area contributed by atoms with E-state index in [1.54, 1.807) is 0 Å². The fourth-order valence-electron chi connectivity index (χ4n) is 2.83. The van der Waals surface area contributed by atoms with E-state index >= 15 is 0 Å². The summed E-state index contributed by atoms with van der Waals surface area (Å²) in [6.45, 7) is 2.09. The van der Waals surface area contributed by atoms with Gasteiger partial charge in [-0.2, -0.15) is 0 Å². The number of nitrogens with zero attached hydrogens (tertiary/aromatic N) is 2. The summed E-state index contributed by atoms with van der Waals surface area (Å²) in [7, 11) is 0. The molecule has 116 valence electrons. The van der Waals surface area contributed by atoms with E-state index in [2.05, 4.69) is 52.8 Å². The van der Waals surface area contributed by atoms with Gasteiger partial charge in [-0.15, -0.1) is 10.2 Å². The molecular formula is C21H17N3. The lowest BCUT2D eigenvalue weighted by atomic mass is 10.0. The van der Waals surface area contributed by atoms with Crippen LogP contribution in [0.25, 0.3) is 22.0 Å². The molecule has 0 bridgehead atoms. The van der Waals surface area contributed by atoms with Gasteiger partial charge in [0.15, 0.2) is 5.82 Å². The minimum atomic E-state index is 0.777. The number of anilines is 2. The zero-order valence-electron chi connectivity index (χ0n) is 13.4. The van der Waals surface area contributed by atoms with E-state index in [0.717, 1.165) is 33.5 Å². The van der Waals surface area contributed by atoms with Crippen LogP contribution in [0.4, 0.5) is 11.5 Å². The molecule has 1 aromatic heterocycles. The number of aromatic nitrogens is 2. The Bertz CT molecular complexity index is 980. The van der Waals surface area contributed by atoms with Crippen LogP contribution in [0, 0.1) is 6.92 Å². The monoisotopic (exact) mass is 311 g/mol. The zero-order valence-corrected chi connectivity index (χ0v) is 13.4. The number of hydrogen-bond donors (Lipinski definition) is 1. The Labute approximate surface area is 141 Å². The molecule has 4 aromatic rings. The number of benzene rings is 3. The van der Waals surface area contributed by atoms with Crippen molar-refractivity contribution in [3.05, 3.63) is 84.4 Å².